The van der Waals surface area contributed by atoms with Gasteiger partial charge in [-0.05, 0) is 56.7 Å². The van der Waals surface area contributed by atoms with Gasteiger partial charge in [0.05, 0.1) is 0 Å². The number of aryl methyl sites for hydroxylation is 1. The van der Waals surface area contributed by atoms with Gasteiger partial charge >= 0.3 is 0 Å². The standard InChI is InChI=1S/C13H24N2S/c1-4-11-6-9-16-12(11)10-15-8-5-7-13(2,3)14/h6,9,15H,4-5,7-8,10,14H2,1-3H3. The van der Waals surface area contributed by atoms with Crippen LogP contribution in [0.2, 0.25) is 0 Å². The molecule has 3 heteroatoms. The second-order valence-corrected chi connectivity index (χ2v) is 5.99. The van der Waals surface area contributed by atoms with Crippen LogP contribution in [-0.4, -0.2) is 12.1 Å². The van der Waals surface area contributed by atoms with Gasteiger partial charge in [0.15, 0.2) is 0 Å². The molecule has 2 nitrogen and oxygen atoms in total. The topological polar surface area (TPSA) is 38.0 Å². The summed E-state index contributed by atoms with van der Waals surface area (Å²) in [5.74, 6) is 0. The summed E-state index contributed by atoms with van der Waals surface area (Å²) < 4.78 is 0. The van der Waals surface area contributed by atoms with E-state index in [1.807, 2.05) is 11.3 Å². The molecule has 0 saturated carbocycles. The second kappa shape index (κ2) is 6.38. The number of nitrogens with two attached hydrogens (primary N) is 1. The maximum Gasteiger partial charge on any atom is 0.0302 e. The van der Waals surface area contributed by atoms with Crippen molar-refractivity contribution in [2.24, 2.45) is 5.73 Å². The Morgan fingerprint density at radius 2 is 2.19 bits per heavy atom. The first-order valence-corrected chi connectivity index (χ1v) is 6.96. The molecule has 0 aromatic carbocycles. The van der Waals surface area contributed by atoms with Gasteiger partial charge in [0, 0.05) is 17.0 Å². The van der Waals surface area contributed by atoms with E-state index in [2.05, 4.69) is 37.5 Å². The molecule has 1 rings (SSSR count). The molecule has 0 saturated heterocycles. The molecule has 16 heavy (non-hydrogen) atoms. The normalized spacial score (nSPS) is 12.0. The van der Waals surface area contributed by atoms with Crippen LogP contribution in [0.3, 0.4) is 0 Å². The van der Waals surface area contributed by atoms with E-state index in [1.54, 1.807) is 0 Å². The van der Waals surface area contributed by atoms with Gasteiger partial charge in [-0.25, -0.2) is 0 Å². The lowest BCUT2D eigenvalue weighted by Gasteiger charge is -2.17. The van der Waals surface area contributed by atoms with E-state index < -0.39 is 0 Å². The van der Waals surface area contributed by atoms with Crippen LogP contribution in [0, 0.1) is 0 Å². The van der Waals surface area contributed by atoms with Crippen molar-refractivity contribution < 1.29 is 0 Å². The van der Waals surface area contributed by atoms with Gasteiger partial charge in [0.25, 0.3) is 0 Å². The summed E-state index contributed by atoms with van der Waals surface area (Å²) in [6.07, 6.45) is 3.36. The molecule has 3 N–H and O–H groups in total. The zero-order valence-electron chi connectivity index (χ0n) is 10.7. The number of nitrogens with one attached hydrogen (secondary N) is 1. The molecule has 1 aromatic heterocycles. The number of rotatable bonds is 7. The van der Waals surface area contributed by atoms with Gasteiger partial charge in [-0.3, -0.25) is 0 Å². The predicted octanol–water partition coefficient (Wildman–Crippen LogP) is 2.92. The van der Waals surface area contributed by atoms with Crippen LogP contribution in [0.15, 0.2) is 11.4 Å². The molecular formula is C13H24N2S. The molecule has 0 fully saturated rings. The molecule has 0 unspecified atom stereocenters. The molecule has 0 aliphatic carbocycles. The second-order valence-electron chi connectivity index (χ2n) is 4.99. The molecule has 0 atom stereocenters. The largest absolute Gasteiger partial charge is 0.326 e. The summed E-state index contributed by atoms with van der Waals surface area (Å²) in [5.41, 5.74) is 7.39. The Morgan fingerprint density at radius 1 is 1.44 bits per heavy atom. The van der Waals surface area contributed by atoms with Crippen LogP contribution < -0.4 is 11.1 Å². The molecule has 0 radical (unpaired) electrons. The SMILES string of the molecule is CCc1ccsc1CNCCCC(C)(C)N. The molecule has 0 bridgehead atoms. The van der Waals surface area contributed by atoms with Gasteiger partial charge in [-0.2, -0.15) is 0 Å². The molecule has 0 amide bonds. The minimum Gasteiger partial charge on any atom is -0.326 e. The van der Waals surface area contributed by atoms with E-state index in [-0.39, 0.29) is 5.54 Å². The molecule has 0 spiro atoms. The highest BCUT2D eigenvalue weighted by Gasteiger charge is 2.09. The molecule has 0 aliphatic rings. The van der Waals surface area contributed by atoms with Gasteiger partial charge in [0.1, 0.15) is 0 Å². The molecular weight excluding hydrogens is 216 g/mol. The van der Waals surface area contributed by atoms with Gasteiger partial charge in [-0.15, -0.1) is 11.3 Å². The minimum atomic E-state index is -0.0286. The Hall–Kier alpha value is -0.380. The van der Waals surface area contributed by atoms with Crippen molar-refractivity contribution in [1.82, 2.24) is 5.32 Å². The lowest BCUT2D eigenvalue weighted by atomic mass is 10.0. The maximum absolute atomic E-state index is 5.93. The van der Waals surface area contributed by atoms with Crippen LogP contribution >= 0.6 is 11.3 Å². The highest BCUT2D eigenvalue weighted by Crippen LogP contribution is 2.16. The zero-order valence-corrected chi connectivity index (χ0v) is 11.5. The Morgan fingerprint density at radius 3 is 2.81 bits per heavy atom. The maximum atomic E-state index is 5.93. The monoisotopic (exact) mass is 240 g/mol. The molecule has 1 heterocycles. The Labute approximate surface area is 103 Å². The van der Waals surface area contributed by atoms with Crippen molar-refractivity contribution in [3.8, 4) is 0 Å². The van der Waals surface area contributed by atoms with Crippen LogP contribution in [0.25, 0.3) is 0 Å². The van der Waals surface area contributed by atoms with Crippen molar-refractivity contribution in [1.29, 1.82) is 0 Å². The van der Waals surface area contributed by atoms with Crippen LogP contribution in [0.5, 0.6) is 0 Å². The lowest BCUT2D eigenvalue weighted by molar-refractivity contribution is 0.448. The highest BCUT2D eigenvalue weighted by molar-refractivity contribution is 7.10. The van der Waals surface area contributed by atoms with E-state index in [1.165, 1.54) is 10.4 Å². The number of hydrogen-bond donors (Lipinski definition) is 2. The first-order valence-electron chi connectivity index (χ1n) is 6.08. The van der Waals surface area contributed by atoms with Crippen molar-refractivity contribution in [2.45, 2.75) is 52.1 Å². The summed E-state index contributed by atoms with van der Waals surface area (Å²) >= 11 is 1.85. The first kappa shape index (κ1) is 13.7. The smallest absolute Gasteiger partial charge is 0.0302 e. The third-order valence-electron chi connectivity index (χ3n) is 2.68. The quantitative estimate of drug-likeness (QED) is 0.719. The molecule has 92 valence electrons. The highest BCUT2D eigenvalue weighted by atomic mass is 32.1. The number of hydrogen-bond acceptors (Lipinski definition) is 3. The van der Waals surface area contributed by atoms with Crippen molar-refractivity contribution in [2.75, 3.05) is 6.54 Å². The van der Waals surface area contributed by atoms with Crippen LogP contribution in [0.1, 0.15) is 44.1 Å². The fraction of sp³-hybridized carbons (Fsp3) is 0.692. The van der Waals surface area contributed by atoms with Crippen molar-refractivity contribution in [3.63, 3.8) is 0 Å². The summed E-state index contributed by atoms with van der Waals surface area (Å²) in [6, 6.07) is 2.23. The Bertz CT molecular complexity index is 299. The predicted molar refractivity (Wildman–Crippen MR) is 72.9 cm³/mol. The van der Waals surface area contributed by atoms with E-state index in [9.17, 15) is 0 Å². The number of thiophene rings is 1. The summed E-state index contributed by atoms with van der Waals surface area (Å²) in [5, 5.41) is 5.67. The van der Waals surface area contributed by atoms with Gasteiger partial charge in [0.2, 0.25) is 0 Å². The molecule has 1 aromatic rings. The lowest BCUT2D eigenvalue weighted by Crippen LogP contribution is -2.32. The van der Waals surface area contributed by atoms with Gasteiger partial charge in [-0.1, -0.05) is 6.92 Å². The Balaban J connectivity index is 2.16. The van der Waals surface area contributed by atoms with Crippen molar-refractivity contribution in [3.05, 3.63) is 21.9 Å². The zero-order chi connectivity index (χ0) is 12.0. The van der Waals surface area contributed by atoms with Gasteiger partial charge < -0.3 is 11.1 Å². The van der Waals surface area contributed by atoms with Crippen LogP contribution in [-0.2, 0) is 13.0 Å². The summed E-state index contributed by atoms with van der Waals surface area (Å²) in [7, 11) is 0. The summed E-state index contributed by atoms with van der Waals surface area (Å²) in [4.78, 5) is 1.48. The minimum absolute atomic E-state index is 0.0286. The average Bonchev–Trinajstić information content (AvgIpc) is 2.63. The van der Waals surface area contributed by atoms with E-state index in [4.69, 9.17) is 5.73 Å². The van der Waals surface area contributed by atoms with E-state index in [0.29, 0.717) is 0 Å². The summed E-state index contributed by atoms with van der Waals surface area (Å²) in [6.45, 7) is 8.44. The first-order chi connectivity index (χ1) is 7.53. The fourth-order valence-corrected chi connectivity index (χ4v) is 2.65. The van der Waals surface area contributed by atoms with E-state index >= 15 is 0 Å². The average molecular weight is 240 g/mol. The fourth-order valence-electron chi connectivity index (χ4n) is 1.71. The van der Waals surface area contributed by atoms with Crippen LogP contribution in [0.4, 0.5) is 0 Å². The third-order valence-corrected chi connectivity index (χ3v) is 3.64. The Kier molecular flexibility index (Phi) is 5.46. The molecule has 0 aliphatic heterocycles. The third kappa shape index (κ3) is 5.10. The van der Waals surface area contributed by atoms with Crippen molar-refractivity contribution >= 4 is 11.3 Å². The van der Waals surface area contributed by atoms with E-state index in [0.717, 1.165) is 32.4 Å².